The van der Waals surface area contributed by atoms with Gasteiger partial charge in [-0.05, 0) is 37.5 Å². The minimum atomic E-state index is -0.314. The molecule has 1 aromatic heterocycles. The topological polar surface area (TPSA) is 76.0 Å². The molecule has 2 N–H and O–H groups in total. The number of hydrogen-bond acceptors (Lipinski definition) is 3. The lowest BCUT2D eigenvalue weighted by atomic mass is 10.0. The number of carbonyl (C=O) groups excluding carboxylic acids is 2. The van der Waals surface area contributed by atoms with Crippen LogP contribution in [0.15, 0.2) is 60.8 Å². The van der Waals surface area contributed by atoms with Crippen molar-refractivity contribution in [2.75, 3.05) is 6.54 Å². The molecule has 142 valence electrons. The largest absolute Gasteiger partial charge is 0.352 e. The van der Waals surface area contributed by atoms with Crippen LogP contribution in [0.4, 0.5) is 0 Å². The molecule has 1 heterocycles. The van der Waals surface area contributed by atoms with E-state index in [0.29, 0.717) is 11.3 Å². The number of carbonyl (C=O) groups is 2. The predicted molar refractivity (Wildman–Crippen MR) is 107 cm³/mol. The summed E-state index contributed by atoms with van der Waals surface area (Å²) in [5.74, 6) is -0.477. The second-order valence-corrected chi connectivity index (χ2v) is 7.01. The number of rotatable bonds is 6. The molecular formula is C22H22N4O2. The summed E-state index contributed by atoms with van der Waals surface area (Å²) in [4.78, 5) is 24.8. The fraction of sp³-hybridized carbons (Fsp3) is 0.227. The lowest BCUT2D eigenvalue weighted by molar-refractivity contribution is -0.120. The molecule has 0 bridgehead atoms. The van der Waals surface area contributed by atoms with Crippen LogP contribution in [0.5, 0.6) is 0 Å². The van der Waals surface area contributed by atoms with E-state index in [1.807, 2.05) is 61.5 Å². The fourth-order valence-corrected chi connectivity index (χ4v) is 3.05. The van der Waals surface area contributed by atoms with Crippen molar-refractivity contribution >= 4 is 11.8 Å². The number of nitrogens with zero attached hydrogens (tertiary/aromatic N) is 2. The van der Waals surface area contributed by atoms with Gasteiger partial charge in [-0.3, -0.25) is 9.59 Å². The zero-order valence-corrected chi connectivity index (χ0v) is 15.7. The smallest absolute Gasteiger partial charge is 0.255 e. The first-order valence-corrected chi connectivity index (χ1v) is 9.40. The summed E-state index contributed by atoms with van der Waals surface area (Å²) < 4.78 is 1.70. The van der Waals surface area contributed by atoms with Gasteiger partial charge in [0.15, 0.2) is 0 Å². The summed E-state index contributed by atoms with van der Waals surface area (Å²) in [6.45, 7) is 1.95. The third-order valence-electron chi connectivity index (χ3n) is 4.73. The molecule has 0 saturated heterocycles. The highest BCUT2D eigenvalue weighted by Crippen LogP contribution is 2.26. The van der Waals surface area contributed by atoms with Crippen molar-refractivity contribution in [3.8, 4) is 16.9 Å². The van der Waals surface area contributed by atoms with Crippen LogP contribution >= 0.6 is 0 Å². The van der Waals surface area contributed by atoms with Crippen LogP contribution in [0, 0.1) is 6.92 Å². The molecule has 4 rings (SSSR count). The van der Waals surface area contributed by atoms with Gasteiger partial charge >= 0.3 is 0 Å². The first-order chi connectivity index (χ1) is 13.6. The molecule has 2 aromatic carbocycles. The van der Waals surface area contributed by atoms with Crippen molar-refractivity contribution in [2.24, 2.45) is 0 Å². The van der Waals surface area contributed by atoms with Gasteiger partial charge < -0.3 is 10.6 Å². The van der Waals surface area contributed by atoms with Gasteiger partial charge in [0.1, 0.15) is 5.69 Å². The Kier molecular flexibility index (Phi) is 4.93. The molecule has 1 aliphatic rings. The first kappa shape index (κ1) is 18.0. The number of amides is 2. The van der Waals surface area contributed by atoms with Crippen LogP contribution in [0.2, 0.25) is 0 Å². The highest BCUT2D eigenvalue weighted by molar-refractivity contribution is 6.01. The average molecular weight is 374 g/mol. The summed E-state index contributed by atoms with van der Waals surface area (Å²) >= 11 is 0. The van der Waals surface area contributed by atoms with Gasteiger partial charge in [0.2, 0.25) is 5.91 Å². The van der Waals surface area contributed by atoms with Crippen molar-refractivity contribution in [1.29, 1.82) is 0 Å². The number of aryl methyl sites for hydroxylation is 1. The molecule has 6 nitrogen and oxygen atoms in total. The monoisotopic (exact) mass is 374 g/mol. The van der Waals surface area contributed by atoms with E-state index in [4.69, 9.17) is 0 Å². The van der Waals surface area contributed by atoms with E-state index in [2.05, 4.69) is 15.7 Å². The Hall–Kier alpha value is -3.41. The maximum Gasteiger partial charge on any atom is 0.255 e. The second-order valence-electron chi connectivity index (χ2n) is 7.01. The molecule has 0 aliphatic heterocycles. The molecular weight excluding hydrogens is 352 g/mol. The summed E-state index contributed by atoms with van der Waals surface area (Å²) in [5, 5.41) is 10.3. The van der Waals surface area contributed by atoms with E-state index in [9.17, 15) is 9.59 Å². The molecule has 1 aliphatic carbocycles. The van der Waals surface area contributed by atoms with Gasteiger partial charge in [-0.2, -0.15) is 5.10 Å². The van der Waals surface area contributed by atoms with Gasteiger partial charge in [0, 0.05) is 17.8 Å². The van der Waals surface area contributed by atoms with Crippen LogP contribution in [-0.2, 0) is 4.79 Å². The lowest BCUT2D eigenvalue weighted by Crippen LogP contribution is -2.37. The molecule has 28 heavy (non-hydrogen) atoms. The maximum absolute atomic E-state index is 12.9. The van der Waals surface area contributed by atoms with Gasteiger partial charge in [0.05, 0.1) is 17.8 Å². The van der Waals surface area contributed by atoms with Gasteiger partial charge in [-0.1, -0.05) is 42.5 Å². The van der Waals surface area contributed by atoms with Crippen LogP contribution in [-0.4, -0.2) is 34.2 Å². The van der Waals surface area contributed by atoms with Crippen LogP contribution in [0.1, 0.15) is 28.8 Å². The minimum absolute atomic E-state index is 0.0426. The maximum atomic E-state index is 12.9. The van der Waals surface area contributed by atoms with Gasteiger partial charge in [0.25, 0.3) is 5.91 Å². The van der Waals surface area contributed by atoms with Gasteiger partial charge in [-0.25, -0.2) is 4.68 Å². The SMILES string of the molecule is Cc1ccccc1-c1nn(-c2ccccc2)cc1C(=O)NCC(=O)NC1CC1. The standard InChI is InChI=1S/C22H22N4O2/c1-15-7-5-6-10-18(15)21-19(14-26(25-21)17-8-3-2-4-9-17)22(28)23-13-20(27)24-16-11-12-16/h2-10,14,16H,11-13H2,1H3,(H,23,28)(H,24,27). The first-order valence-electron chi connectivity index (χ1n) is 9.40. The van der Waals surface area contributed by atoms with E-state index in [-0.39, 0.29) is 24.4 Å². The van der Waals surface area contributed by atoms with E-state index >= 15 is 0 Å². The Morgan fingerprint density at radius 1 is 1.07 bits per heavy atom. The van der Waals surface area contributed by atoms with Crippen molar-refractivity contribution in [3.05, 3.63) is 71.9 Å². The lowest BCUT2D eigenvalue weighted by Gasteiger charge is -2.07. The van der Waals surface area contributed by atoms with Crippen molar-refractivity contribution in [3.63, 3.8) is 0 Å². The number of aromatic nitrogens is 2. The van der Waals surface area contributed by atoms with Crippen molar-refractivity contribution < 1.29 is 9.59 Å². The Morgan fingerprint density at radius 2 is 1.79 bits per heavy atom. The Morgan fingerprint density at radius 3 is 2.50 bits per heavy atom. The number of nitrogens with one attached hydrogen (secondary N) is 2. The predicted octanol–water partition coefficient (Wildman–Crippen LogP) is 2.86. The fourth-order valence-electron chi connectivity index (χ4n) is 3.05. The molecule has 1 saturated carbocycles. The minimum Gasteiger partial charge on any atom is -0.352 e. The highest BCUT2D eigenvalue weighted by atomic mass is 16.2. The summed E-state index contributed by atoms with van der Waals surface area (Å²) in [6.07, 6.45) is 3.74. The van der Waals surface area contributed by atoms with Crippen molar-refractivity contribution in [1.82, 2.24) is 20.4 Å². The third-order valence-corrected chi connectivity index (χ3v) is 4.73. The van der Waals surface area contributed by atoms with E-state index < -0.39 is 0 Å². The van der Waals surface area contributed by atoms with Crippen LogP contribution in [0.3, 0.4) is 0 Å². The highest BCUT2D eigenvalue weighted by Gasteiger charge is 2.24. The molecule has 6 heteroatoms. The molecule has 0 radical (unpaired) electrons. The average Bonchev–Trinajstić information content (AvgIpc) is 3.41. The van der Waals surface area contributed by atoms with E-state index in [1.165, 1.54) is 0 Å². The van der Waals surface area contributed by atoms with Crippen molar-refractivity contribution in [2.45, 2.75) is 25.8 Å². The third kappa shape index (κ3) is 3.96. The summed E-state index contributed by atoms with van der Waals surface area (Å²) in [5.41, 5.74) is 3.83. The number of hydrogen-bond donors (Lipinski definition) is 2. The van der Waals surface area contributed by atoms with E-state index in [1.54, 1.807) is 10.9 Å². The zero-order chi connectivity index (χ0) is 19.5. The van der Waals surface area contributed by atoms with Crippen LogP contribution < -0.4 is 10.6 Å². The number of benzene rings is 2. The number of para-hydroxylation sites is 1. The normalized spacial score (nSPS) is 13.2. The van der Waals surface area contributed by atoms with Crippen LogP contribution in [0.25, 0.3) is 16.9 Å². The summed E-state index contributed by atoms with van der Waals surface area (Å²) in [7, 11) is 0. The quantitative estimate of drug-likeness (QED) is 0.697. The summed E-state index contributed by atoms with van der Waals surface area (Å²) in [6, 6.07) is 17.7. The Labute approximate surface area is 163 Å². The van der Waals surface area contributed by atoms with E-state index in [0.717, 1.165) is 29.7 Å². The van der Waals surface area contributed by atoms with Gasteiger partial charge in [-0.15, -0.1) is 0 Å². The second kappa shape index (κ2) is 7.68. The Bertz CT molecular complexity index is 1010. The molecule has 0 spiro atoms. The molecule has 0 unspecified atom stereocenters. The molecule has 3 aromatic rings. The zero-order valence-electron chi connectivity index (χ0n) is 15.7. The molecule has 2 amide bonds. The molecule has 0 atom stereocenters. The molecule has 1 fully saturated rings. The Balaban J connectivity index is 1.64.